The normalized spacial score (nSPS) is 9.56. The molecule has 0 saturated carbocycles. The van der Waals surface area contributed by atoms with Crippen LogP contribution in [-0.4, -0.2) is 31.7 Å². The molecule has 0 heterocycles. The van der Waals surface area contributed by atoms with Crippen molar-refractivity contribution in [2.45, 2.75) is 6.42 Å². The molecule has 0 aliphatic carbocycles. The standard InChI is InChI=1S/C6H11FN2/c1-9(6-4-8)5-2-3-7/h2-3,5-6H2,1H3. The molecule has 0 aromatic heterocycles. The van der Waals surface area contributed by atoms with Gasteiger partial charge in [-0.15, -0.1) is 0 Å². The molecular weight excluding hydrogens is 119 g/mol. The Labute approximate surface area is 54.9 Å². The summed E-state index contributed by atoms with van der Waals surface area (Å²) in [5.41, 5.74) is 0. The largest absolute Gasteiger partial charge is 0.294 e. The second-order valence-electron chi connectivity index (χ2n) is 1.94. The smallest absolute Gasteiger partial charge is 0.0906 e. The molecule has 3 heteroatoms. The minimum absolute atomic E-state index is 0.296. The van der Waals surface area contributed by atoms with Crippen molar-refractivity contribution in [2.75, 3.05) is 26.8 Å². The predicted molar refractivity (Wildman–Crippen MR) is 33.7 cm³/mol. The fourth-order valence-electron chi connectivity index (χ4n) is 0.529. The predicted octanol–water partition coefficient (Wildman–Crippen LogP) is 0.801. The fraction of sp³-hybridized carbons (Fsp3) is 0.833. The van der Waals surface area contributed by atoms with Crippen LogP contribution in [0.4, 0.5) is 4.39 Å². The Balaban J connectivity index is 3.08. The summed E-state index contributed by atoms with van der Waals surface area (Å²) in [6, 6.07) is 1.98. The first-order chi connectivity index (χ1) is 4.31. The van der Waals surface area contributed by atoms with Crippen LogP contribution < -0.4 is 0 Å². The van der Waals surface area contributed by atoms with Gasteiger partial charge in [0.2, 0.25) is 0 Å². The van der Waals surface area contributed by atoms with Gasteiger partial charge in [0.25, 0.3) is 0 Å². The number of rotatable bonds is 4. The Morgan fingerprint density at radius 3 is 2.78 bits per heavy atom. The van der Waals surface area contributed by atoms with E-state index in [9.17, 15) is 4.39 Å². The Morgan fingerprint density at radius 1 is 1.67 bits per heavy atom. The van der Waals surface area contributed by atoms with Crippen molar-refractivity contribution in [3.63, 3.8) is 0 Å². The van der Waals surface area contributed by atoms with E-state index in [1.54, 1.807) is 11.9 Å². The Hall–Kier alpha value is -0.620. The van der Waals surface area contributed by atoms with Gasteiger partial charge in [0, 0.05) is 6.54 Å². The van der Waals surface area contributed by atoms with E-state index in [1.165, 1.54) is 0 Å². The SMILES string of the molecule is CN(CC#N)CCCF. The van der Waals surface area contributed by atoms with Gasteiger partial charge in [-0.2, -0.15) is 5.26 Å². The summed E-state index contributed by atoms with van der Waals surface area (Å²) >= 11 is 0. The minimum Gasteiger partial charge on any atom is -0.294 e. The molecule has 0 radical (unpaired) electrons. The van der Waals surface area contributed by atoms with Crippen LogP contribution in [0.3, 0.4) is 0 Å². The molecule has 0 unspecified atom stereocenters. The van der Waals surface area contributed by atoms with E-state index in [4.69, 9.17) is 5.26 Å². The highest BCUT2D eigenvalue weighted by atomic mass is 19.1. The van der Waals surface area contributed by atoms with Crippen LogP contribution >= 0.6 is 0 Å². The third-order valence-electron chi connectivity index (χ3n) is 1.01. The van der Waals surface area contributed by atoms with Crippen LogP contribution in [0.1, 0.15) is 6.42 Å². The van der Waals surface area contributed by atoms with Gasteiger partial charge in [-0.05, 0) is 13.5 Å². The first kappa shape index (κ1) is 8.38. The van der Waals surface area contributed by atoms with Crippen LogP contribution in [0.25, 0.3) is 0 Å². The van der Waals surface area contributed by atoms with Crippen LogP contribution in [-0.2, 0) is 0 Å². The van der Waals surface area contributed by atoms with Gasteiger partial charge in [-0.25, -0.2) is 0 Å². The van der Waals surface area contributed by atoms with E-state index >= 15 is 0 Å². The molecule has 9 heavy (non-hydrogen) atoms. The summed E-state index contributed by atoms with van der Waals surface area (Å²) in [5.74, 6) is 0. The second-order valence-corrected chi connectivity index (χ2v) is 1.94. The van der Waals surface area contributed by atoms with Gasteiger partial charge in [0.1, 0.15) is 0 Å². The minimum atomic E-state index is -0.296. The van der Waals surface area contributed by atoms with E-state index in [1.807, 2.05) is 6.07 Å². The zero-order valence-electron chi connectivity index (χ0n) is 5.60. The quantitative estimate of drug-likeness (QED) is 0.526. The molecule has 0 fully saturated rings. The van der Waals surface area contributed by atoms with E-state index in [2.05, 4.69) is 0 Å². The molecule has 0 aromatic rings. The van der Waals surface area contributed by atoms with Crippen LogP contribution in [0.5, 0.6) is 0 Å². The molecule has 0 aliphatic rings. The number of nitriles is 1. The van der Waals surface area contributed by atoms with Crippen molar-refractivity contribution in [1.82, 2.24) is 4.90 Å². The molecule has 0 atom stereocenters. The van der Waals surface area contributed by atoms with Gasteiger partial charge < -0.3 is 0 Å². The lowest BCUT2D eigenvalue weighted by molar-refractivity contribution is 0.338. The molecule has 0 saturated heterocycles. The van der Waals surface area contributed by atoms with Gasteiger partial charge in [-0.3, -0.25) is 9.29 Å². The lowest BCUT2D eigenvalue weighted by atomic mass is 10.4. The molecule has 0 rings (SSSR count). The van der Waals surface area contributed by atoms with Crippen molar-refractivity contribution in [3.05, 3.63) is 0 Å². The lowest BCUT2D eigenvalue weighted by Crippen LogP contribution is -2.19. The molecule has 0 spiro atoms. The molecule has 0 bridgehead atoms. The van der Waals surface area contributed by atoms with Gasteiger partial charge >= 0.3 is 0 Å². The zero-order valence-corrected chi connectivity index (χ0v) is 5.60. The van der Waals surface area contributed by atoms with Gasteiger partial charge in [-0.1, -0.05) is 0 Å². The Bertz CT molecular complexity index is 97.7. The highest BCUT2D eigenvalue weighted by Crippen LogP contribution is 1.85. The molecule has 0 aromatic carbocycles. The van der Waals surface area contributed by atoms with E-state index in [-0.39, 0.29) is 6.67 Å². The molecular formula is C6H11FN2. The highest BCUT2D eigenvalue weighted by Gasteiger charge is 1.93. The van der Waals surface area contributed by atoms with Crippen molar-refractivity contribution >= 4 is 0 Å². The van der Waals surface area contributed by atoms with Crippen LogP contribution in [0, 0.1) is 11.3 Å². The maximum atomic E-state index is 11.5. The van der Waals surface area contributed by atoms with Crippen molar-refractivity contribution in [2.24, 2.45) is 0 Å². The fourth-order valence-corrected chi connectivity index (χ4v) is 0.529. The third-order valence-corrected chi connectivity index (χ3v) is 1.01. The summed E-state index contributed by atoms with van der Waals surface area (Å²) in [4.78, 5) is 1.79. The lowest BCUT2D eigenvalue weighted by Gasteiger charge is -2.09. The van der Waals surface area contributed by atoms with E-state index in [0.717, 1.165) is 0 Å². The number of nitrogens with zero attached hydrogens (tertiary/aromatic N) is 2. The second kappa shape index (κ2) is 5.52. The number of alkyl halides is 1. The number of hydrogen-bond donors (Lipinski definition) is 0. The molecule has 0 N–H and O–H groups in total. The zero-order chi connectivity index (χ0) is 7.11. The summed E-state index contributed by atoms with van der Waals surface area (Å²) in [5, 5.41) is 8.15. The average molecular weight is 130 g/mol. The summed E-state index contributed by atoms with van der Waals surface area (Å²) < 4.78 is 11.5. The first-order valence-electron chi connectivity index (χ1n) is 2.92. The van der Waals surface area contributed by atoms with Crippen molar-refractivity contribution in [1.29, 1.82) is 5.26 Å². The first-order valence-corrected chi connectivity index (χ1v) is 2.92. The maximum Gasteiger partial charge on any atom is 0.0906 e. The van der Waals surface area contributed by atoms with E-state index in [0.29, 0.717) is 19.5 Å². The Morgan fingerprint density at radius 2 is 2.33 bits per heavy atom. The van der Waals surface area contributed by atoms with Crippen molar-refractivity contribution < 1.29 is 4.39 Å². The maximum absolute atomic E-state index is 11.5. The summed E-state index contributed by atoms with van der Waals surface area (Å²) in [6.07, 6.45) is 0.526. The van der Waals surface area contributed by atoms with Crippen molar-refractivity contribution in [3.8, 4) is 6.07 Å². The third kappa shape index (κ3) is 5.25. The number of hydrogen-bond acceptors (Lipinski definition) is 2. The molecule has 52 valence electrons. The average Bonchev–Trinajstić information content (AvgIpc) is 1.85. The highest BCUT2D eigenvalue weighted by molar-refractivity contribution is 4.73. The molecule has 2 nitrogen and oxygen atoms in total. The molecule has 0 amide bonds. The Kier molecular flexibility index (Phi) is 5.14. The van der Waals surface area contributed by atoms with E-state index < -0.39 is 0 Å². The topological polar surface area (TPSA) is 27.0 Å². The number of halogens is 1. The summed E-state index contributed by atoms with van der Waals surface area (Å²) in [6.45, 7) is 0.764. The van der Waals surface area contributed by atoms with Gasteiger partial charge in [0.15, 0.2) is 0 Å². The monoisotopic (exact) mass is 130 g/mol. The molecule has 0 aliphatic heterocycles. The van der Waals surface area contributed by atoms with Crippen LogP contribution in [0.2, 0.25) is 0 Å². The van der Waals surface area contributed by atoms with Gasteiger partial charge in [0.05, 0.1) is 19.3 Å². The summed E-state index contributed by atoms with van der Waals surface area (Å²) in [7, 11) is 1.80. The van der Waals surface area contributed by atoms with Crippen LogP contribution in [0.15, 0.2) is 0 Å².